The molecular weight excluding hydrogens is 507 g/mol. The van der Waals surface area contributed by atoms with Gasteiger partial charge in [-0.3, -0.25) is 9.59 Å². The number of hydrogen-bond acceptors (Lipinski definition) is 3. The second-order valence-electron chi connectivity index (χ2n) is 9.30. The summed E-state index contributed by atoms with van der Waals surface area (Å²) in [6.45, 7) is 7.72. The minimum atomic E-state index is -0.793. The van der Waals surface area contributed by atoms with Gasteiger partial charge in [-0.15, -0.1) is 0 Å². The van der Waals surface area contributed by atoms with Crippen LogP contribution in [0, 0.1) is 13.8 Å². The molecule has 37 heavy (non-hydrogen) atoms. The lowest BCUT2D eigenvalue weighted by atomic mass is 10.0. The Hall–Kier alpha value is -3.02. The van der Waals surface area contributed by atoms with Gasteiger partial charge in [-0.2, -0.15) is 0 Å². The third-order valence-corrected chi connectivity index (χ3v) is 7.05. The van der Waals surface area contributed by atoms with E-state index in [1.807, 2.05) is 76.2 Å². The number of hydrogen-bond donors (Lipinski definition) is 1. The number of amides is 2. The summed E-state index contributed by atoms with van der Waals surface area (Å²) in [6.07, 6.45) is 1.10. The van der Waals surface area contributed by atoms with Crippen molar-refractivity contribution < 1.29 is 14.3 Å². The van der Waals surface area contributed by atoms with Crippen LogP contribution < -0.4 is 10.1 Å². The normalized spacial score (nSPS) is 12.5. The fraction of sp³-hybridized carbons (Fsp3) is 0.333. The van der Waals surface area contributed by atoms with Crippen LogP contribution in [0.25, 0.3) is 0 Å². The number of halogens is 2. The Balaban J connectivity index is 1.97. The van der Waals surface area contributed by atoms with Crippen molar-refractivity contribution in [2.24, 2.45) is 0 Å². The van der Waals surface area contributed by atoms with Gasteiger partial charge in [-0.1, -0.05) is 84.2 Å². The minimum Gasteiger partial charge on any atom is -0.483 e. The van der Waals surface area contributed by atoms with Crippen LogP contribution in [0.1, 0.15) is 42.5 Å². The highest BCUT2D eigenvalue weighted by Crippen LogP contribution is 2.27. The van der Waals surface area contributed by atoms with Crippen LogP contribution in [0.15, 0.2) is 66.7 Å². The number of aryl methyl sites for hydroxylation is 2. The second-order valence-corrected chi connectivity index (χ2v) is 10.1. The molecule has 196 valence electrons. The summed E-state index contributed by atoms with van der Waals surface area (Å²) in [7, 11) is 0. The number of benzene rings is 3. The Kier molecular flexibility index (Phi) is 10.4. The molecule has 0 aliphatic heterocycles. The van der Waals surface area contributed by atoms with Crippen LogP contribution >= 0.6 is 23.2 Å². The maximum atomic E-state index is 13.7. The zero-order chi connectivity index (χ0) is 26.9. The van der Waals surface area contributed by atoms with Gasteiger partial charge >= 0.3 is 0 Å². The average Bonchev–Trinajstić information content (AvgIpc) is 2.87. The molecule has 0 spiro atoms. The second kappa shape index (κ2) is 13.5. The van der Waals surface area contributed by atoms with Crippen molar-refractivity contribution in [3.63, 3.8) is 0 Å². The molecule has 0 aromatic heterocycles. The lowest BCUT2D eigenvalue weighted by molar-refractivity contribution is -0.143. The first kappa shape index (κ1) is 28.5. The smallest absolute Gasteiger partial charge is 0.261 e. The van der Waals surface area contributed by atoms with E-state index in [9.17, 15) is 9.59 Å². The van der Waals surface area contributed by atoms with E-state index >= 15 is 0 Å². The number of nitrogens with zero attached hydrogens (tertiary/aromatic N) is 1. The maximum absolute atomic E-state index is 13.7. The van der Waals surface area contributed by atoms with E-state index in [0.29, 0.717) is 27.8 Å². The van der Waals surface area contributed by atoms with E-state index < -0.39 is 6.04 Å². The summed E-state index contributed by atoms with van der Waals surface area (Å²) in [5, 5.41) is 3.91. The number of rotatable bonds is 11. The molecule has 5 nitrogen and oxygen atoms in total. The molecule has 1 N–H and O–H groups in total. The molecule has 2 atom stereocenters. The molecule has 0 radical (unpaired) electrons. The van der Waals surface area contributed by atoms with Crippen molar-refractivity contribution in [3.05, 3.63) is 99.0 Å². The Morgan fingerprint density at radius 3 is 2.27 bits per heavy atom. The molecule has 7 heteroatoms. The van der Waals surface area contributed by atoms with Crippen molar-refractivity contribution in [1.29, 1.82) is 0 Å². The van der Waals surface area contributed by atoms with Gasteiger partial charge in [0, 0.05) is 34.6 Å². The highest BCUT2D eigenvalue weighted by molar-refractivity contribution is 6.36. The summed E-state index contributed by atoms with van der Waals surface area (Å²) < 4.78 is 5.93. The van der Waals surface area contributed by atoms with Crippen molar-refractivity contribution in [3.8, 4) is 5.75 Å². The first-order valence-electron chi connectivity index (χ1n) is 12.5. The molecule has 2 amide bonds. The van der Waals surface area contributed by atoms with Gasteiger partial charge in [0.1, 0.15) is 11.8 Å². The standard InChI is InChI=1S/C30H34Cl2N2O3/c1-5-22(4)33-30(36)27(17-23-10-7-6-8-11-23)34(18-24-25(31)12-9-13-26(24)32)29(35)19-37-28-15-14-20(2)16-21(28)3/h6-16,22,27H,5,17-19H2,1-4H3,(H,33,36). The fourth-order valence-corrected chi connectivity index (χ4v) is 4.55. The van der Waals surface area contributed by atoms with E-state index in [-0.39, 0.29) is 31.0 Å². The van der Waals surface area contributed by atoms with Gasteiger partial charge < -0.3 is 15.0 Å². The topological polar surface area (TPSA) is 58.6 Å². The summed E-state index contributed by atoms with van der Waals surface area (Å²) in [5.41, 5.74) is 3.56. The number of carbonyl (C=O) groups is 2. The van der Waals surface area contributed by atoms with Gasteiger partial charge in [0.2, 0.25) is 5.91 Å². The third kappa shape index (κ3) is 7.98. The lowest BCUT2D eigenvalue weighted by Crippen LogP contribution is -2.53. The molecule has 0 saturated heterocycles. The zero-order valence-corrected chi connectivity index (χ0v) is 23.3. The number of ether oxygens (including phenoxy) is 1. The SMILES string of the molecule is CCC(C)NC(=O)C(Cc1ccccc1)N(Cc1c(Cl)cccc1Cl)C(=O)COc1ccc(C)cc1C. The van der Waals surface area contributed by atoms with Crippen molar-refractivity contribution in [2.45, 2.75) is 59.2 Å². The highest BCUT2D eigenvalue weighted by Gasteiger charge is 2.32. The van der Waals surface area contributed by atoms with Gasteiger partial charge in [0.05, 0.1) is 0 Å². The van der Waals surface area contributed by atoms with E-state index in [0.717, 1.165) is 23.1 Å². The molecule has 0 bridgehead atoms. The molecule has 3 rings (SSSR count). The Bertz CT molecular complexity index is 1200. The van der Waals surface area contributed by atoms with Crippen molar-refractivity contribution >= 4 is 35.0 Å². The van der Waals surface area contributed by atoms with Crippen LogP contribution in [0.3, 0.4) is 0 Å². The summed E-state index contributed by atoms with van der Waals surface area (Å²) in [5.74, 6) is 0.0516. The molecule has 0 saturated carbocycles. The first-order chi connectivity index (χ1) is 17.7. The van der Waals surface area contributed by atoms with Gasteiger partial charge in [0.15, 0.2) is 6.61 Å². The van der Waals surface area contributed by atoms with Gasteiger partial charge in [-0.25, -0.2) is 0 Å². The molecule has 0 aliphatic carbocycles. The zero-order valence-electron chi connectivity index (χ0n) is 21.8. The predicted octanol–water partition coefficient (Wildman–Crippen LogP) is 6.54. The highest BCUT2D eigenvalue weighted by atomic mass is 35.5. The fourth-order valence-electron chi connectivity index (χ4n) is 4.03. The summed E-state index contributed by atoms with van der Waals surface area (Å²) in [6, 6.07) is 19.8. The quantitative estimate of drug-likeness (QED) is 0.300. The Morgan fingerprint density at radius 1 is 0.973 bits per heavy atom. The molecule has 0 heterocycles. The van der Waals surface area contributed by atoms with E-state index in [1.165, 1.54) is 4.90 Å². The summed E-state index contributed by atoms with van der Waals surface area (Å²) >= 11 is 13.0. The van der Waals surface area contributed by atoms with Gasteiger partial charge in [0.25, 0.3) is 5.91 Å². The Labute approximate surface area is 229 Å². The van der Waals surface area contributed by atoms with Crippen LogP contribution in [-0.4, -0.2) is 35.4 Å². The average molecular weight is 542 g/mol. The van der Waals surface area contributed by atoms with E-state index in [2.05, 4.69) is 5.32 Å². The molecule has 0 fully saturated rings. The minimum absolute atomic E-state index is 0.0434. The molecular formula is C30H34Cl2N2O3. The Morgan fingerprint density at radius 2 is 1.65 bits per heavy atom. The van der Waals surface area contributed by atoms with E-state index in [4.69, 9.17) is 27.9 Å². The summed E-state index contributed by atoms with van der Waals surface area (Å²) in [4.78, 5) is 28.9. The lowest BCUT2D eigenvalue weighted by Gasteiger charge is -2.32. The number of carbonyl (C=O) groups excluding carboxylic acids is 2. The maximum Gasteiger partial charge on any atom is 0.261 e. The molecule has 0 aliphatic rings. The van der Waals surface area contributed by atoms with Crippen molar-refractivity contribution in [2.75, 3.05) is 6.61 Å². The van der Waals surface area contributed by atoms with E-state index in [1.54, 1.807) is 18.2 Å². The third-order valence-electron chi connectivity index (χ3n) is 6.34. The van der Waals surface area contributed by atoms with Crippen molar-refractivity contribution in [1.82, 2.24) is 10.2 Å². The molecule has 3 aromatic rings. The van der Waals surface area contributed by atoms with Gasteiger partial charge in [-0.05, 0) is 56.5 Å². The molecule has 2 unspecified atom stereocenters. The van der Waals surface area contributed by atoms with Crippen LogP contribution in [0.5, 0.6) is 5.75 Å². The molecule has 3 aromatic carbocycles. The monoisotopic (exact) mass is 540 g/mol. The largest absolute Gasteiger partial charge is 0.483 e. The van der Waals surface area contributed by atoms with Crippen LogP contribution in [0.2, 0.25) is 10.0 Å². The van der Waals surface area contributed by atoms with Crippen LogP contribution in [-0.2, 0) is 22.6 Å². The number of nitrogens with one attached hydrogen (secondary N) is 1. The van der Waals surface area contributed by atoms with Crippen LogP contribution in [0.4, 0.5) is 0 Å². The first-order valence-corrected chi connectivity index (χ1v) is 13.2. The predicted molar refractivity (Wildman–Crippen MR) is 150 cm³/mol.